The number of halogens is 1. The molecule has 3 atom stereocenters. The SMILES string of the molecule is CC(C)(C)[Si](O[C@@H]1CC[C@@H](C2(c3cnc4ccc(F)cn34)N=C(N)C(N)=CN2)c2ccccc21)(c1ccccc1)c1ccccc1. The third kappa shape index (κ3) is 4.73. The van der Waals surface area contributed by atoms with Crippen LogP contribution in [-0.2, 0) is 10.1 Å². The summed E-state index contributed by atoms with van der Waals surface area (Å²) in [5.41, 5.74) is 15.4. The largest absolute Gasteiger partial charge is 0.400 e. The van der Waals surface area contributed by atoms with Crippen LogP contribution in [0.4, 0.5) is 4.39 Å². The summed E-state index contributed by atoms with van der Waals surface area (Å²) in [5, 5.41) is 5.82. The van der Waals surface area contributed by atoms with E-state index >= 15 is 0 Å². The molecule has 0 bridgehead atoms. The zero-order valence-corrected chi connectivity index (χ0v) is 27.3. The summed E-state index contributed by atoms with van der Waals surface area (Å²) in [6.45, 7) is 6.90. The molecule has 46 heavy (non-hydrogen) atoms. The molecule has 2 aromatic heterocycles. The maximum Gasteiger partial charge on any atom is 0.261 e. The Morgan fingerprint density at radius 2 is 1.50 bits per heavy atom. The summed E-state index contributed by atoms with van der Waals surface area (Å²) in [6, 6.07) is 33.0. The van der Waals surface area contributed by atoms with Crippen molar-refractivity contribution in [3.8, 4) is 0 Å². The van der Waals surface area contributed by atoms with E-state index in [4.69, 9.17) is 20.9 Å². The molecule has 0 saturated carbocycles. The van der Waals surface area contributed by atoms with Crippen LogP contribution in [-0.4, -0.2) is 23.5 Å². The van der Waals surface area contributed by atoms with Crippen LogP contribution in [0.1, 0.15) is 62.5 Å². The van der Waals surface area contributed by atoms with Crippen molar-refractivity contribution in [2.45, 2.75) is 56.3 Å². The number of fused-ring (bicyclic) bond motifs is 2. The van der Waals surface area contributed by atoms with Crippen molar-refractivity contribution in [2.75, 3.05) is 0 Å². The second kappa shape index (κ2) is 11.3. The van der Waals surface area contributed by atoms with Crippen molar-refractivity contribution >= 4 is 30.2 Å². The lowest BCUT2D eigenvalue weighted by atomic mass is 9.73. The van der Waals surface area contributed by atoms with E-state index in [1.165, 1.54) is 22.6 Å². The molecule has 234 valence electrons. The van der Waals surface area contributed by atoms with Gasteiger partial charge in [-0.05, 0) is 51.5 Å². The van der Waals surface area contributed by atoms with Crippen molar-refractivity contribution in [2.24, 2.45) is 16.5 Å². The van der Waals surface area contributed by atoms with Gasteiger partial charge in [-0.25, -0.2) is 14.4 Å². The van der Waals surface area contributed by atoms with Crippen molar-refractivity contribution in [1.82, 2.24) is 14.7 Å². The first-order valence-electron chi connectivity index (χ1n) is 15.7. The monoisotopic (exact) mass is 630 g/mol. The molecule has 0 fully saturated rings. The van der Waals surface area contributed by atoms with E-state index in [9.17, 15) is 4.39 Å². The van der Waals surface area contributed by atoms with E-state index in [-0.39, 0.29) is 28.7 Å². The molecule has 0 spiro atoms. The zero-order chi connectivity index (χ0) is 32.1. The molecular weight excluding hydrogens is 592 g/mol. The number of rotatable bonds is 6. The predicted molar refractivity (Wildman–Crippen MR) is 184 cm³/mol. The molecule has 1 aliphatic carbocycles. The second-order valence-corrected chi connectivity index (χ2v) is 17.5. The van der Waals surface area contributed by atoms with Gasteiger partial charge in [0.15, 0.2) is 5.66 Å². The van der Waals surface area contributed by atoms with Crippen LogP contribution in [0, 0.1) is 5.82 Å². The Balaban J connectivity index is 1.39. The maximum atomic E-state index is 14.6. The van der Waals surface area contributed by atoms with Crippen molar-refractivity contribution < 1.29 is 8.82 Å². The third-order valence-corrected chi connectivity index (χ3v) is 14.6. The number of hydrogen-bond donors (Lipinski definition) is 3. The Hall–Kier alpha value is -4.73. The molecule has 1 unspecified atom stereocenters. The molecule has 1 aliphatic heterocycles. The zero-order valence-electron chi connectivity index (χ0n) is 26.3. The lowest BCUT2D eigenvalue weighted by molar-refractivity contribution is 0.146. The smallest absolute Gasteiger partial charge is 0.261 e. The molecule has 7 nitrogen and oxygen atoms in total. The predicted octanol–water partition coefficient (Wildman–Crippen LogP) is 5.58. The number of hydrogen-bond acceptors (Lipinski definition) is 6. The summed E-state index contributed by atoms with van der Waals surface area (Å²) in [4.78, 5) is 9.66. The summed E-state index contributed by atoms with van der Waals surface area (Å²) in [6.07, 6.45) is 6.20. The highest BCUT2D eigenvalue weighted by molar-refractivity contribution is 6.99. The molecule has 3 aromatic carbocycles. The summed E-state index contributed by atoms with van der Waals surface area (Å²) < 4.78 is 24.1. The topological polar surface area (TPSA) is 103 Å². The molecule has 2 aliphatic rings. The molecule has 7 rings (SSSR count). The van der Waals surface area contributed by atoms with Gasteiger partial charge in [0, 0.05) is 18.3 Å². The van der Waals surface area contributed by atoms with Crippen LogP contribution >= 0.6 is 0 Å². The van der Waals surface area contributed by atoms with E-state index in [0.717, 1.165) is 24.0 Å². The lowest BCUT2D eigenvalue weighted by Gasteiger charge is -2.48. The van der Waals surface area contributed by atoms with Crippen molar-refractivity contribution in [1.29, 1.82) is 0 Å². The number of nitrogens with zero attached hydrogens (tertiary/aromatic N) is 3. The van der Waals surface area contributed by atoms with Gasteiger partial charge in [-0.2, -0.15) is 0 Å². The summed E-state index contributed by atoms with van der Waals surface area (Å²) in [5.74, 6) is -0.324. The Labute approximate surface area is 270 Å². The first-order valence-corrected chi connectivity index (χ1v) is 17.6. The first kappa shape index (κ1) is 29.9. The Morgan fingerprint density at radius 1 is 0.870 bits per heavy atom. The molecular formula is C37H39FN6OSi. The van der Waals surface area contributed by atoms with Crippen LogP contribution in [0.3, 0.4) is 0 Å². The molecule has 9 heteroatoms. The van der Waals surface area contributed by atoms with Crippen LogP contribution in [0.25, 0.3) is 5.65 Å². The average molecular weight is 631 g/mol. The Bertz CT molecular complexity index is 1910. The van der Waals surface area contributed by atoms with E-state index < -0.39 is 14.0 Å². The van der Waals surface area contributed by atoms with Gasteiger partial charge in [-0.3, -0.25) is 4.40 Å². The fourth-order valence-electron chi connectivity index (χ4n) is 7.48. The second-order valence-electron chi connectivity index (χ2n) is 13.3. The van der Waals surface area contributed by atoms with Gasteiger partial charge in [0.1, 0.15) is 17.3 Å². The van der Waals surface area contributed by atoms with Crippen LogP contribution in [0.15, 0.2) is 126 Å². The van der Waals surface area contributed by atoms with Gasteiger partial charge >= 0.3 is 0 Å². The third-order valence-electron chi connectivity index (χ3n) is 9.58. The summed E-state index contributed by atoms with van der Waals surface area (Å²) >= 11 is 0. The van der Waals surface area contributed by atoms with Crippen molar-refractivity contribution in [3.05, 3.63) is 144 Å². The van der Waals surface area contributed by atoms with Gasteiger partial charge in [-0.1, -0.05) is 106 Å². The maximum absolute atomic E-state index is 14.6. The number of aromatic nitrogens is 2. The number of imidazole rings is 1. The van der Waals surface area contributed by atoms with E-state index in [1.807, 2.05) is 0 Å². The quantitative estimate of drug-likeness (QED) is 0.213. The number of nitrogens with two attached hydrogens (primary N) is 2. The standard InChI is InChI=1S/C37H39FN6OSi/c1-36(2,3)46(26-12-6-4-7-13-26,27-14-8-5-9-15-27)45-32-20-19-30(28-16-10-11-17-29(28)32)37(42-22-31(39)35(40)43-37)33-23-41-34-21-18-25(38)24-44(33)34/h4-18,21-24,30,32,42H,19-20,39H2,1-3H3,(H2,40,43)/t30-,32-,37?/m1/s1. The number of aliphatic imine (C=N–C) groups is 1. The highest BCUT2D eigenvalue weighted by Crippen LogP contribution is 2.51. The minimum atomic E-state index is -2.85. The number of amidine groups is 1. The molecule has 5 aromatic rings. The van der Waals surface area contributed by atoms with Gasteiger partial charge in [0.2, 0.25) is 0 Å². The molecule has 3 heterocycles. The fraction of sp³-hybridized carbons (Fsp3) is 0.243. The van der Waals surface area contributed by atoms with E-state index in [0.29, 0.717) is 17.0 Å². The highest BCUT2D eigenvalue weighted by Gasteiger charge is 2.54. The van der Waals surface area contributed by atoms with Gasteiger partial charge < -0.3 is 21.2 Å². The van der Waals surface area contributed by atoms with Crippen LogP contribution in [0.5, 0.6) is 0 Å². The Morgan fingerprint density at radius 3 is 2.13 bits per heavy atom. The molecule has 5 N–H and O–H groups in total. The van der Waals surface area contributed by atoms with Crippen LogP contribution in [0.2, 0.25) is 5.04 Å². The minimum absolute atomic E-state index is 0.166. The van der Waals surface area contributed by atoms with Gasteiger partial charge in [-0.15, -0.1) is 0 Å². The molecule has 0 saturated heterocycles. The Kier molecular flexibility index (Phi) is 7.33. The van der Waals surface area contributed by atoms with Crippen LogP contribution < -0.4 is 27.2 Å². The van der Waals surface area contributed by atoms with E-state index in [1.54, 1.807) is 22.9 Å². The highest BCUT2D eigenvalue weighted by atomic mass is 28.4. The fourth-order valence-corrected chi connectivity index (χ4v) is 12.2. The van der Waals surface area contributed by atoms with Crippen molar-refractivity contribution in [3.63, 3.8) is 0 Å². The minimum Gasteiger partial charge on any atom is -0.400 e. The molecule has 0 radical (unpaired) electrons. The number of pyridine rings is 1. The first-order chi connectivity index (χ1) is 22.1. The number of benzene rings is 3. The van der Waals surface area contributed by atoms with E-state index in [2.05, 4.69) is 116 Å². The lowest BCUT2D eigenvalue weighted by Crippen LogP contribution is -2.67. The van der Waals surface area contributed by atoms with Gasteiger partial charge in [0.25, 0.3) is 8.32 Å². The summed E-state index contributed by atoms with van der Waals surface area (Å²) in [7, 11) is -2.85. The average Bonchev–Trinajstić information content (AvgIpc) is 3.49. The normalized spacial score (nSPS) is 21.7. The molecule has 0 amide bonds. The number of nitrogens with one attached hydrogen (secondary N) is 1. The van der Waals surface area contributed by atoms with Gasteiger partial charge in [0.05, 0.1) is 23.7 Å².